The number of rotatable bonds is 2. The van der Waals surface area contributed by atoms with Gasteiger partial charge >= 0.3 is 0 Å². The fourth-order valence-corrected chi connectivity index (χ4v) is 1.20. The molecular weight excluding hydrogens is 206 g/mol. The molecule has 2 nitrogen and oxygen atoms in total. The van der Waals surface area contributed by atoms with Crippen LogP contribution in [0.3, 0.4) is 0 Å². The molecule has 0 heterocycles. The fraction of sp³-hybridized carbons (Fsp3) is 0.125. The Morgan fingerprint density at radius 1 is 1.55 bits per heavy atom. The molecule has 1 rings (SSSR count). The zero-order valence-corrected chi connectivity index (χ0v) is 7.68. The molecule has 0 bridgehead atoms. The summed E-state index contributed by atoms with van der Waals surface area (Å²) >= 11 is 3.36. The van der Waals surface area contributed by atoms with E-state index in [0.717, 1.165) is 15.7 Å². The van der Waals surface area contributed by atoms with Crippen molar-refractivity contribution in [2.24, 2.45) is 0 Å². The number of hydrogen-bond acceptors (Lipinski definition) is 1. The van der Waals surface area contributed by atoms with Gasteiger partial charge in [0.1, 0.15) is 0 Å². The minimum Gasteiger partial charge on any atom is -0.328 e. The van der Waals surface area contributed by atoms with Gasteiger partial charge < -0.3 is 5.32 Å². The van der Waals surface area contributed by atoms with Crippen LogP contribution >= 0.6 is 15.9 Å². The van der Waals surface area contributed by atoms with Gasteiger partial charge in [0.15, 0.2) is 0 Å². The molecule has 1 aromatic rings. The van der Waals surface area contributed by atoms with E-state index in [9.17, 15) is 4.79 Å². The van der Waals surface area contributed by atoms with Crippen molar-refractivity contribution in [3.8, 4) is 0 Å². The van der Waals surface area contributed by atoms with Crippen LogP contribution in [0, 0.1) is 6.92 Å². The summed E-state index contributed by atoms with van der Waals surface area (Å²) < 4.78 is 0.937. The summed E-state index contributed by atoms with van der Waals surface area (Å²) in [5.41, 5.74) is 1.91. The molecule has 0 atom stereocenters. The Morgan fingerprint density at radius 3 is 2.91 bits per heavy atom. The Balaban J connectivity index is 3.05. The molecule has 0 aliphatic rings. The molecule has 0 fully saturated rings. The SMILES string of the molecule is Cc1cccc(NC=O)c1Br. The van der Waals surface area contributed by atoms with Crippen LogP contribution in [0.1, 0.15) is 5.56 Å². The van der Waals surface area contributed by atoms with E-state index in [0.29, 0.717) is 6.41 Å². The molecule has 3 heteroatoms. The smallest absolute Gasteiger partial charge is 0.211 e. The highest BCUT2D eigenvalue weighted by Crippen LogP contribution is 2.24. The minimum absolute atomic E-state index is 0.666. The maximum absolute atomic E-state index is 10.1. The quantitative estimate of drug-likeness (QED) is 0.752. The third kappa shape index (κ3) is 1.80. The number of carbonyl (C=O) groups excluding carboxylic acids is 1. The second-order valence-electron chi connectivity index (χ2n) is 2.20. The summed E-state index contributed by atoms with van der Waals surface area (Å²) in [5, 5.41) is 2.59. The second kappa shape index (κ2) is 3.53. The molecule has 0 radical (unpaired) electrons. The molecule has 11 heavy (non-hydrogen) atoms. The molecule has 0 spiro atoms. The van der Waals surface area contributed by atoms with E-state index < -0.39 is 0 Å². The average Bonchev–Trinajstić information content (AvgIpc) is 1.99. The van der Waals surface area contributed by atoms with Crippen molar-refractivity contribution >= 4 is 28.0 Å². The molecule has 0 unspecified atom stereocenters. The monoisotopic (exact) mass is 213 g/mol. The first-order chi connectivity index (χ1) is 5.25. The molecule has 0 aliphatic carbocycles. The molecule has 0 saturated heterocycles. The summed E-state index contributed by atoms with van der Waals surface area (Å²) in [6.45, 7) is 1.97. The number of anilines is 1. The molecule has 0 saturated carbocycles. The van der Waals surface area contributed by atoms with Crippen LogP contribution in [-0.2, 0) is 4.79 Å². The van der Waals surface area contributed by atoms with Gasteiger partial charge in [0.25, 0.3) is 0 Å². The lowest BCUT2D eigenvalue weighted by Gasteiger charge is -2.03. The van der Waals surface area contributed by atoms with Gasteiger partial charge in [-0.05, 0) is 34.5 Å². The van der Waals surface area contributed by atoms with E-state index in [1.807, 2.05) is 25.1 Å². The predicted octanol–water partition coefficient (Wildman–Crippen LogP) is 2.33. The van der Waals surface area contributed by atoms with Crippen LogP contribution < -0.4 is 5.32 Å². The average molecular weight is 214 g/mol. The fourth-order valence-electron chi connectivity index (χ4n) is 0.822. The first-order valence-electron chi connectivity index (χ1n) is 3.21. The van der Waals surface area contributed by atoms with Gasteiger partial charge in [-0.2, -0.15) is 0 Å². The van der Waals surface area contributed by atoms with Gasteiger partial charge in [0, 0.05) is 4.47 Å². The first kappa shape index (κ1) is 8.27. The number of halogens is 1. The van der Waals surface area contributed by atoms with E-state index >= 15 is 0 Å². The van der Waals surface area contributed by atoms with Gasteiger partial charge in [-0.3, -0.25) is 4.79 Å². The number of benzene rings is 1. The van der Waals surface area contributed by atoms with E-state index in [-0.39, 0.29) is 0 Å². The largest absolute Gasteiger partial charge is 0.328 e. The minimum atomic E-state index is 0.666. The van der Waals surface area contributed by atoms with E-state index in [2.05, 4.69) is 21.2 Å². The Hall–Kier alpha value is -0.830. The molecular formula is C8H8BrNO. The van der Waals surface area contributed by atoms with Gasteiger partial charge in [0.2, 0.25) is 6.41 Å². The molecule has 1 N–H and O–H groups in total. The Morgan fingerprint density at radius 2 is 2.27 bits per heavy atom. The summed E-state index contributed by atoms with van der Waals surface area (Å²) in [7, 11) is 0. The predicted molar refractivity (Wildman–Crippen MR) is 48.6 cm³/mol. The van der Waals surface area contributed by atoms with Crippen molar-refractivity contribution < 1.29 is 4.79 Å². The first-order valence-corrected chi connectivity index (χ1v) is 4.00. The maximum atomic E-state index is 10.1. The maximum Gasteiger partial charge on any atom is 0.211 e. The highest BCUT2D eigenvalue weighted by Gasteiger charge is 1.98. The molecule has 0 aromatic heterocycles. The van der Waals surface area contributed by atoms with Crippen molar-refractivity contribution in [3.05, 3.63) is 28.2 Å². The van der Waals surface area contributed by atoms with Gasteiger partial charge in [0.05, 0.1) is 5.69 Å². The van der Waals surface area contributed by atoms with Crippen LogP contribution in [-0.4, -0.2) is 6.41 Å². The number of carbonyl (C=O) groups is 1. The number of amides is 1. The lowest BCUT2D eigenvalue weighted by Crippen LogP contribution is -1.94. The summed E-state index contributed by atoms with van der Waals surface area (Å²) in [6, 6.07) is 5.71. The Labute approximate surface area is 73.7 Å². The Bertz CT molecular complexity index is 273. The highest BCUT2D eigenvalue weighted by molar-refractivity contribution is 9.10. The van der Waals surface area contributed by atoms with Crippen molar-refractivity contribution in [2.75, 3.05) is 5.32 Å². The van der Waals surface area contributed by atoms with Crippen LogP contribution in [0.2, 0.25) is 0 Å². The third-order valence-electron chi connectivity index (χ3n) is 1.41. The van der Waals surface area contributed by atoms with E-state index in [1.165, 1.54) is 0 Å². The number of hydrogen-bond donors (Lipinski definition) is 1. The van der Waals surface area contributed by atoms with Crippen molar-refractivity contribution in [3.63, 3.8) is 0 Å². The molecule has 1 amide bonds. The molecule has 58 valence electrons. The van der Waals surface area contributed by atoms with Gasteiger partial charge in [-0.25, -0.2) is 0 Å². The molecule has 0 aliphatic heterocycles. The van der Waals surface area contributed by atoms with E-state index in [1.54, 1.807) is 0 Å². The van der Waals surface area contributed by atoms with Crippen LogP contribution in [0.4, 0.5) is 5.69 Å². The highest BCUT2D eigenvalue weighted by atomic mass is 79.9. The summed E-state index contributed by atoms with van der Waals surface area (Å²) in [6.07, 6.45) is 0.666. The third-order valence-corrected chi connectivity index (χ3v) is 2.46. The van der Waals surface area contributed by atoms with Crippen molar-refractivity contribution in [1.82, 2.24) is 0 Å². The second-order valence-corrected chi connectivity index (χ2v) is 2.99. The van der Waals surface area contributed by atoms with Crippen molar-refractivity contribution in [2.45, 2.75) is 6.92 Å². The number of aryl methyl sites for hydroxylation is 1. The summed E-state index contributed by atoms with van der Waals surface area (Å²) in [4.78, 5) is 10.1. The number of nitrogens with one attached hydrogen (secondary N) is 1. The van der Waals surface area contributed by atoms with Crippen LogP contribution in [0.5, 0.6) is 0 Å². The molecule has 1 aromatic carbocycles. The zero-order valence-electron chi connectivity index (χ0n) is 6.10. The topological polar surface area (TPSA) is 29.1 Å². The van der Waals surface area contributed by atoms with E-state index in [4.69, 9.17) is 0 Å². The lowest BCUT2D eigenvalue weighted by molar-refractivity contribution is -0.105. The summed E-state index contributed by atoms with van der Waals surface area (Å²) in [5.74, 6) is 0. The van der Waals surface area contributed by atoms with Crippen molar-refractivity contribution in [1.29, 1.82) is 0 Å². The zero-order chi connectivity index (χ0) is 8.27. The normalized spacial score (nSPS) is 9.27. The lowest BCUT2D eigenvalue weighted by atomic mass is 10.2. The Kier molecular flexibility index (Phi) is 2.65. The standard InChI is InChI=1S/C8H8BrNO/c1-6-3-2-4-7(8(6)9)10-5-11/h2-5H,1H3,(H,10,11). The van der Waals surface area contributed by atoms with Crippen LogP contribution in [0.25, 0.3) is 0 Å². The van der Waals surface area contributed by atoms with Crippen LogP contribution in [0.15, 0.2) is 22.7 Å². The van der Waals surface area contributed by atoms with Gasteiger partial charge in [-0.15, -0.1) is 0 Å². The van der Waals surface area contributed by atoms with Gasteiger partial charge in [-0.1, -0.05) is 12.1 Å².